The van der Waals surface area contributed by atoms with Gasteiger partial charge in [0, 0.05) is 17.8 Å². The van der Waals surface area contributed by atoms with E-state index in [1.54, 1.807) is 6.33 Å². The number of pyridine rings is 1. The predicted molar refractivity (Wildman–Crippen MR) is 92.8 cm³/mol. The molecular formula is C18H20N4O2. The van der Waals surface area contributed by atoms with E-state index >= 15 is 0 Å². The fourth-order valence-corrected chi connectivity index (χ4v) is 2.84. The maximum atomic E-state index is 12.5. The molecule has 1 aromatic carbocycles. The van der Waals surface area contributed by atoms with E-state index in [-0.39, 0.29) is 18.0 Å². The van der Waals surface area contributed by atoms with Crippen LogP contribution in [0.5, 0.6) is 0 Å². The van der Waals surface area contributed by atoms with Crippen LogP contribution in [0.4, 0.5) is 0 Å². The zero-order valence-corrected chi connectivity index (χ0v) is 14.0. The van der Waals surface area contributed by atoms with Crippen LogP contribution in [-0.4, -0.2) is 20.4 Å². The van der Waals surface area contributed by atoms with Crippen LogP contribution in [0.1, 0.15) is 29.8 Å². The molecule has 124 valence electrons. The number of benzene rings is 1. The number of H-pyrrole nitrogens is 1. The van der Waals surface area contributed by atoms with Crippen molar-refractivity contribution in [2.24, 2.45) is 0 Å². The Hall–Kier alpha value is -2.89. The maximum Gasteiger partial charge on any atom is 0.253 e. The summed E-state index contributed by atoms with van der Waals surface area (Å²) in [6.45, 7) is 5.73. The Morgan fingerprint density at radius 2 is 2.08 bits per heavy atom. The van der Waals surface area contributed by atoms with Gasteiger partial charge < -0.3 is 14.9 Å². The molecule has 3 rings (SSSR count). The van der Waals surface area contributed by atoms with Crippen LogP contribution < -0.4 is 10.9 Å². The molecule has 2 heterocycles. The smallest absolute Gasteiger partial charge is 0.253 e. The van der Waals surface area contributed by atoms with Crippen molar-refractivity contribution in [3.63, 3.8) is 0 Å². The Bertz CT molecular complexity index is 955. The van der Waals surface area contributed by atoms with E-state index in [4.69, 9.17) is 0 Å². The molecule has 6 heteroatoms. The third-order valence-electron chi connectivity index (χ3n) is 4.21. The number of aromatic amines is 1. The van der Waals surface area contributed by atoms with Gasteiger partial charge in [-0.2, -0.15) is 0 Å². The number of carbonyl (C=O) groups excluding carboxylic acids is 1. The van der Waals surface area contributed by atoms with Crippen molar-refractivity contribution in [3.8, 4) is 0 Å². The molecule has 0 bridgehead atoms. The van der Waals surface area contributed by atoms with E-state index in [1.807, 2.05) is 55.7 Å². The van der Waals surface area contributed by atoms with Gasteiger partial charge in [0.25, 0.3) is 5.56 Å². The van der Waals surface area contributed by atoms with Crippen LogP contribution >= 0.6 is 0 Å². The molecule has 0 spiro atoms. The van der Waals surface area contributed by atoms with Crippen LogP contribution in [0, 0.1) is 13.8 Å². The van der Waals surface area contributed by atoms with Gasteiger partial charge in [-0.15, -0.1) is 0 Å². The van der Waals surface area contributed by atoms with Gasteiger partial charge in [-0.25, -0.2) is 4.98 Å². The number of amides is 1. The van der Waals surface area contributed by atoms with Crippen molar-refractivity contribution in [2.45, 2.75) is 33.4 Å². The number of nitrogens with one attached hydrogen (secondary N) is 2. The van der Waals surface area contributed by atoms with E-state index < -0.39 is 6.04 Å². The molecule has 0 aliphatic carbocycles. The lowest BCUT2D eigenvalue weighted by atomic mass is 10.1. The molecule has 2 N–H and O–H groups in total. The second kappa shape index (κ2) is 6.31. The lowest BCUT2D eigenvalue weighted by Crippen LogP contribution is -2.32. The first-order chi connectivity index (χ1) is 11.5. The monoisotopic (exact) mass is 324 g/mol. The number of nitrogens with zero attached hydrogens (tertiary/aromatic N) is 2. The molecule has 0 saturated carbocycles. The van der Waals surface area contributed by atoms with Crippen molar-refractivity contribution < 1.29 is 4.79 Å². The van der Waals surface area contributed by atoms with Gasteiger partial charge in [0.05, 0.1) is 17.4 Å². The van der Waals surface area contributed by atoms with E-state index in [0.29, 0.717) is 5.56 Å². The van der Waals surface area contributed by atoms with E-state index in [2.05, 4.69) is 15.3 Å². The standard InChI is InChI=1S/C18H20N4O2/c1-11-8-12(2)21-18(24)14(11)9-19-17(23)13(3)22-10-20-15-6-4-5-7-16(15)22/h4-8,10,13H,9H2,1-3H3,(H,19,23)(H,21,24)/t13-/m1/s1. The summed E-state index contributed by atoms with van der Waals surface area (Å²) in [5.74, 6) is -0.155. The fourth-order valence-electron chi connectivity index (χ4n) is 2.84. The van der Waals surface area contributed by atoms with Crippen LogP contribution in [0.25, 0.3) is 11.0 Å². The SMILES string of the molecule is Cc1cc(C)c(CNC(=O)[C@@H](C)n2cnc3ccccc32)c(=O)[nH]1. The normalized spacial score (nSPS) is 12.3. The lowest BCUT2D eigenvalue weighted by Gasteiger charge is -2.15. The van der Waals surface area contributed by atoms with Gasteiger partial charge >= 0.3 is 0 Å². The van der Waals surface area contributed by atoms with Gasteiger partial charge in [0.15, 0.2) is 0 Å². The van der Waals surface area contributed by atoms with Crippen molar-refractivity contribution in [1.29, 1.82) is 0 Å². The average molecular weight is 324 g/mol. The first-order valence-electron chi connectivity index (χ1n) is 7.86. The molecule has 2 aromatic heterocycles. The molecule has 24 heavy (non-hydrogen) atoms. The van der Waals surface area contributed by atoms with Gasteiger partial charge in [-0.05, 0) is 44.5 Å². The summed E-state index contributed by atoms with van der Waals surface area (Å²) < 4.78 is 1.83. The Kier molecular flexibility index (Phi) is 4.20. The summed E-state index contributed by atoms with van der Waals surface area (Å²) in [7, 11) is 0. The second-order valence-electron chi connectivity index (χ2n) is 5.98. The topological polar surface area (TPSA) is 79.8 Å². The summed E-state index contributed by atoms with van der Waals surface area (Å²) in [4.78, 5) is 31.6. The van der Waals surface area contributed by atoms with Crippen LogP contribution in [0.2, 0.25) is 0 Å². The summed E-state index contributed by atoms with van der Waals surface area (Å²) in [6.07, 6.45) is 1.67. The van der Waals surface area contributed by atoms with Gasteiger partial charge in [-0.3, -0.25) is 9.59 Å². The second-order valence-corrected chi connectivity index (χ2v) is 5.98. The number of hydrogen-bond acceptors (Lipinski definition) is 3. The van der Waals surface area contributed by atoms with Crippen molar-refractivity contribution >= 4 is 16.9 Å². The molecule has 0 fully saturated rings. The Labute approximate surface area is 139 Å². The Morgan fingerprint density at radius 1 is 1.33 bits per heavy atom. The fraction of sp³-hybridized carbons (Fsp3) is 0.278. The number of aromatic nitrogens is 3. The molecular weight excluding hydrogens is 304 g/mol. The number of rotatable bonds is 4. The Morgan fingerprint density at radius 3 is 2.83 bits per heavy atom. The minimum atomic E-state index is -0.415. The predicted octanol–water partition coefficient (Wildman–Crippen LogP) is 2.22. The molecule has 1 amide bonds. The van der Waals surface area contributed by atoms with E-state index in [1.165, 1.54) is 0 Å². The highest BCUT2D eigenvalue weighted by Crippen LogP contribution is 2.17. The zero-order chi connectivity index (χ0) is 17.3. The minimum absolute atomic E-state index is 0.155. The molecule has 1 atom stereocenters. The van der Waals surface area contributed by atoms with Crippen LogP contribution in [0.15, 0.2) is 41.5 Å². The summed E-state index contributed by atoms with van der Waals surface area (Å²) in [5, 5.41) is 2.85. The summed E-state index contributed by atoms with van der Waals surface area (Å²) in [6, 6.07) is 9.15. The number of hydrogen-bond donors (Lipinski definition) is 2. The van der Waals surface area contributed by atoms with Gasteiger partial charge in [-0.1, -0.05) is 12.1 Å². The van der Waals surface area contributed by atoms with E-state index in [9.17, 15) is 9.59 Å². The number of fused-ring (bicyclic) bond motifs is 1. The number of para-hydroxylation sites is 2. The third kappa shape index (κ3) is 2.95. The third-order valence-corrected chi connectivity index (χ3v) is 4.21. The van der Waals surface area contributed by atoms with Crippen molar-refractivity contribution in [3.05, 3.63) is 63.8 Å². The molecule has 6 nitrogen and oxygen atoms in total. The van der Waals surface area contributed by atoms with Crippen LogP contribution in [0.3, 0.4) is 0 Å². The quantitative estimate of drug-likeness (QED) is 0.772. The largest absolute Gasteiger partial charge is 0.350 e. The number of imidazole rings is 1. The molecule has 0 radical (unpaired) electrons. The average Bonchev–Trinajstić information content (AvgIpc) is 2.96. The molecule has 0 saturated heterocycles. The highest BCUT2D eigenvalue weighted by atomic mass is 16.2. The first kappa shape index (κ1) is 16.0. The number of aryl methyl sites for hydroxylation is 2. The number of carbonyl (C=O) groups is 1. The summed E-state index contributed by atoms with van der Waals surface area (Å²) in [5.41, 5.74) is 3.86. The van der Waals surface area contributed by atoms with E-state index in [0.717, 1.165) is 22.3 Å². The van der Waals surface area contributed by atoms with Crippen molar-refractivity contribution in [2.75, 3.05) is 0 Å². The lowest BCUT2D eigenvalue weighted by molar-refractivity contribution is -0.123. The Balaban J connectivity index is 1.77. The highest BCUT2D eigenvalue weighted by molar-refractivity contribution is 5.83. The molecule has 3 aromatic rings. The summed E-state index contributed by atoms with van der Waals surface area (Å²) >= 11 is 0. The molecule has 0 aliphatic heterocycles. The van der Waals surface area contributed by atoms with Gasteiger partial charge in [0.2, 0.25) is 5.91 Å². The minimum Gasteiger partial charge on any atom is -0.350 e. The molecule has 0 unspecified atom stereocenters. The van der Waals surface area contributed by atoms with Crippen molar-refractivity contribution in [1.82, 2.24) is 19.9 Å². The zero-order valence-electron chi connectivity index (χ0n) is 14.0. The van der Waals surface area contributed by atoms with Gasteiger partial charge in [0.1, 0.15) is 6.04 Å². The molecule has 0 aliphatic rings. The van der Waals surface area contributed by atoms with Crippen LogP contribution in [-0.2, 0) is 11.3 Å². The highest BCUT2D eigenvalue weighted by Gasteiger charge is 2.17. The maximum absolute atomic E-state index is 12.5. The first-order valence-corrected chi connectivity index (χ1v) is 7.86.